The molecule has 102 valence electrons. The maximum atomic E-state index is 11.9. The van der Waals surface area contributed by atoms with Crippen LogP contribution in [-0.4, -0.2) is 10.9 Å². The molecule has 0 bridgehead atoms. The molecular formula is C16H21NO2. The number of allylic oxidation sites excluding steroid dienone is 4. The van der Waals surface area contributed by atoms with Gasteiger partial charge >= 0.3 is 0 Å². The standard InChI is InChI=1S/C16H21NO2/c1-12-5-4-9-16(2,3)15(12)7-6-14(18)11-13-8-10-19-17-13/h6-8,10H,4-5,9,11H2,1-3H3/b7-6+. The van der Waals surface area contributed by atoms with Gasteiger partial charge in [0.1, 0.15) is 6.26 Å². The van der Waals surface area contributed by atoms with E-state index in [0.717, 1.165) is 6.42 Å². The highest BCUT2D eigenvalue weighted by atomic mass is 16.5. The smallest absolute Gasteiger partial charge is 0.161 e. The van der Waals surface area contributed by atoms with Gasteiger partial charge in [0.25, 0.3) is 0 Å². The van der Waals surface area contributed by atoms with Crippen LogP contribution in [0.3, 0.4) is 0 Å². The third-order valence-electron chi connectivity index (χ3n) is 3.82. The van der Waals surface area contributed by atoms with Crippen LogP contribution in [0.5, 0.6) is 0 Å². The molecule has 0 atom stereocenters. The Morgan fingerprint density at radius 2 is 2.32 bits per heavy atom. The molecule has 0 unspecified atom stereocenters. The molecule has 0 radical (unpaired) electrons. The molecule has 0 N–H and O–H groups in total. The first-order valence-corrected chi connectivity index (χ1v) is 6.79. The molecule has 0 spiro atoms. The SMILES string of the molecule is CC1=C(/C=C/C(=O)Cc2ccon2)C(C)(C)CCC1. The third-order valence-corrected chi connectivity index (χ3v) is 3.82. The van der Waals surface area contributed by atoms with E-state index in [4.69, 9.17) is 4.52 Å². The minimum Gasteiger partial charge on any atom is -0.364 e. The molecule has 1 heterocycles. The van der Waals surface area contributed by atoms with Crippen molar-refractivity contribution in [1.29, 1.82) is 0 Å². The summed E-state index contributed by atoms with van der Waals surface area (Å²) in [5.41, 5.74) is 3.57. The molecule has 0 aliphatic heterocycles. The minimum atomic E-state index is 0.0653. The van der Waals surface area contributed by atoms with Gasteiger partial charge in [0.15, 0.2) is 5.78 Å². The molecule has 3 heteroatoms. The maximum Gasteiger partial charge on any atom is 0.161 e. The highest BCUT2D eigenvalue weighted by molar-refractivity contribution is 5.91. The molecule has 0 fully saturated rings. The van der Waals surface area contributed by atoms with Gasteiger partial charge in [-0.1, -0.05) is 30.7 Å². The first kappa shape index (κ1) is 13.8. The van der Waals surface area contributed by atoms with Gasteiger partial charge in [-0.3, -0.25) is 4.79 Å². The van der Waals surface area contributed by atoms with Crippen molar-refractivity contribution >= 4 is 5.78 Å². The second-order valence-electron chi connectivity index (χ2n) is 5.90. The van der Waals surface area contributed by atoms with Gasteiger partial charge in [-0.2, -0.15) is 0 Å². The highest BCUT2D eigenvalue weighted by Gasteiger charge is 2.26. The molecule has 1 aliphatic carbocycles. The van der Waals surface area contributed by atoms with Crippen LogP contribution in [0.1, 0.15) is 45.7 Å². The minimum absolute atomic E-state index is 0.0653. The monoisotopic (exact) mass is 259 g/mol. The van der Waals surface area contributed by atoms with Gasteiger partial charge in [0.2, 0.25) is 0 Å². The molecule has 0 saturated heterocycles. The summed E-state index contributed by atoms with van der Waals surface area (Å²) in [6.45, 7) is 6.66. The van der Waals surface area contributed by atoms with Gasteiger partial charge in [-0.05, 0) is 43.3 Å². The molecule has 1 aromatic rings. The zero-order valence-corrected chi connectivity index (χ0v) is 11.9. The van der Waals surface area contributed by atoms with Crippen molar-refractivity contribution in [3.63, 3.8) is 0 Å². The van der Waals surface area contributed by atoms with E-state index < -0.39 is 0 Å². The largest absolute Gasteiger partial charge is 0.364 e. The van der Waals surface area contributed by atoms with E-state index in [2.05, 4.69) is 25.9 Å². The van der Waals surface area contributed by atoms with Gasteiger partial charge in [-0.15, -0.1) is 0 Å². The van der Waals surface area contributed by atoms with Crippen molar-refractivity contribution < 1.29 is 9.32 Å². The molecule has 0 amide bonds. The first-order valence-electron chi connectivity index (χ1n) is 6.79. The normalized spacial score (nSPS) is 19.1. The summed E-state index contributed by atoms with van der Waals surface area (Å²) < 4.78 is 4.72. The Balaban J connectivity index is 2.07. The fraction of sp³-hybridized carbons (Fsp3) is 0.500. The Bertz CT molecular complexity index is 507. The van der Waals surface area contributed by atoms with Gasteiger partial charge < -0.3 is 4.52 Å². The van der Waals surface area contributed by atoms with Crippen molar-refractivity contribution in [2.45, 2.75) is 46.5 Å². The zero-order chi connectivity index (χ0) is 13.9. The van der Waals surface area contributed by atoms with Crippen LogP contribution in [0.15, 0.2) is 40.2 Å². The number of aromatic nitrogens is 1. The summed E-state index contributed by atoms with van der Waals surface area (Å²) in [5.74, 6) is 0.0653. The van der Waals surface area contributed by atoms with Gasteiger partial charge in [0.05, 0.1) is 12.1 Å². The summed E-state index contributed by atoms with van der Waals surface area (Å²) in [5, 5.41) is 3.75. The van der Waals surface area contributed by atoms with Gasteiger partial charge in [-0.25, -0.2) is 0 Å². The predicted molar refractivity (Wildman–Crippen MR) is 74.7 cm³/mol. The second-order valence-corrected chi connectivity index (χ2v) is 5.90. The predicted octanol–water partition coefficient (Wildman–Crippen LogP) is 3.87. The van der Waals surface area contributed by atoms with Crippen molar-refractivity contribution in [3.8, 4) is 0 Å². The van der Waals surface area contributed by atoms with E-state index in [1.807, 2.05) is 6.08 Å². The fourth-order valence-corrected chi connectivity index (χ4v) is 2.75. The van der Waals surface area contributed by atoms with Crippen LogP contribution < -0.4 is 0 Å². The average Bonchev–Trinajstić information content (AvgIpc) is 2.80. The van der Waals surface area contributed by atoms with Crippen molar-refractivity contribution in [2.24, 2.45) is 5.41 Å². The number of carbonyl (C=O) groups excluding carboxylic acids is 1. The molecule has 0 aromatic carbocycles. The van der Waals surface area contributed by atoms with Crippen LogP contribution in [0.4, 0.5) is 0 Å². The molecule has 3 nitrogen and oxygen atoms in total. The molecule has 2 rings (SSSR count). The zero-order valence-electron chi connectivity index (χ0n) is 11.9. The topological polar surface area (TPSA) is 43.1 Å². The Morgan fingerprint density at radius 1 is 1.53 bits per heavy atom. The molecule has 19 heavy (non-hydrogen) atoms. The summed E-state index contributed by atoms with van der Waals surface area (Å²) in [4.78, 5) is 11.9. The highest BCUT2D eigenvalue weighted by Crippen LogP contribution is 2.40. The lowest BCUT2D eigenvalue weighted by molar-refractivity contribution is -0.114. The number of rotatable bonds is 4. The molecule has 0 saturated carbocycles. The van der Waals surface area contributed by atoms with Gasteiger partial charge in [0, 0.05) is 6.07 Å². The molecule has 1 aromatic heterocycles. The van der Waals surface area contributed by atoms with Crippen LogP contribution in [-0.2, 0) is 11.2 Å². The number of hydrogen-bond acceptors (Lipinski definition) is 3. The number of carbonyl (C=O) groups is 1. The van der Waals surface area contributed by atoms with E-state index in [0.29, 0.717) is 12.1 Å². The van der Waals surface area contributed by atoms with Crippen LogP contribution >= 0.6 is 0 Å². The molecular weight excluding hydrogens is 238 g/mol. The Labute approximate surface area is 114 Å². The average molecular weight is 259 g/mol. The first-order chi connectivity index (χ1) is 8.99. The summed E-state index contributed by atoms with van der Waals surface area (Å²) >= 11 is 0. The maximum absolute atomic E-state index is 11.9. The Hall–Kier alpha value is -1.64. The number of ketones is 1. The quantitative estimate of drug-likeness (QED) is 0.771. The van der Waals surface area contributed by atoms with E-state index in [-0.39, 0.29) is 11.2 Å². The Morgan fingerprint density at radius 3 is 2.95 bits per heavy atom. The lowest BCUT2D eigenvalue weighted by Crippen LogP contribution is -2.19. The van der Waals surface area contributed by atoms with Crippen LogP contribution in [0, 0.1) is 5.41 Å². The van der Waals surface area contributed by atoms with Crippen molar-refractivity contribution in [2.75, 3.05) is 0 Å². The third kappa shape index (κ3) is 3.43. The van der Waals surface area contributed by atoms with E-state index in [1.165, 1.54) is 30.3 Å². The fourth-order valence-electron chi connectivity index (χ4n) is 2.75. The lowest BCUT2D eigenvalue weighted by atomic mass is 9.72. The van der Waals surface area contributed by atoms with Crippen molar-refractivity contribution in [1.82, 2.24) is 5.16 Å². The van der Waals surface area contributed by atoms with Crippen LogP contribution in [0.25, 0.3) is 0 Å². The molecule has 1 aliphatic rings. The summed E-state index contributed by atoms with van der Waals surface area (Å²) in [7, 11) is 0. The summed E-state index contributed by atoms with van der Waals surface area (Å²) in [6.07, 6.45) is 9.03. The van der Waals surface area contributed by atoms with Crippen LogP contribution in [0.2, 0.25) is 0 Å². The van der Waals surface area contributed by atoms with E-state index >= 15 is 0 Å². The Kier molecular flexibility index (Phi) is 4.03. The number of hydrogen-bond donors (Lipinski definition) is 0. The number of nitrogens with zero attached hydrogens (tertiary/aromatic N) is 1. The van der Waals surface area contributed by atoms with E-state index in [9.17, 15) is 4.79 Å². The van der Waals surface area contributed by atoms with Crippen molar-refractivity contribution in [3.05, 3.63) is 41.3 Å². The second kappa shape index (κ2) is 5.55. The van der Waals surface area contributed by atoms with E-state index in [1.54, 1.807) is 12.1 Å². The lowest BCUT2D eigenvalue weighted by Gasteiger charge is -2.32. The summed E-state index contributed by atoms with van der Waals surface area (Å²) in [6, 6.07) is 1.72.